The van der Waals surface area contributed by atoms with E-state index < -0.39 is 35.9 Å². The Morgan fingerprint density at radius 3 is 1.77 bits per heavy atom. The first-order valence-electron chi connectivity index (χ1n) is 14.0. The summed E-state index contributed by atoms with van der Waals surface area (Å²) in [6.45, 7) is 4.46. The van der Waals surface area contributed by atoms with Crippen LogP contribution in [-0.2, 0) is 36.8 Å². The zero-order valence-corrected chi connectivity index (χ0v) is 23.9. The molecule has 9 nitrogen and oxygen atoms in total. The van der Waals surface area contributed by atoms with Gasteiger partial charge in [0.25, 0.3) is 0 Å². The molecule has 0 saturated heterocycles. The van der Waals surface area contributed by atoms with Crippen LogP contribution < -0.4 is 21.7 Å². The van der Waals surface area contributed by atoms with Crippen molar-refractivity contribution in [2.75, 3.05) is 13.7 Å². The minimum absolute atomic E-state index is 0.0754. The minimum Gasteiger partial charge on any atom is -0.467 e. The van der Waals surface area contributed by atoms with Gasteiger partial charge in [-0.25, -0.2) is 4.79 Å². The number of methoxy groups -OCH3 is 1. The van der Waals surface area contributed by atoms with Gasteiger partial charge in [0.05, 0.1) is 7.11 Å². The minimum atomic E-state index is -0.917. The van der Waals surface area contributed by atoms with Gasteiger partial charge in [-0.2, -0.15) is 0 Å². The van der Waals surface area contributed by atoms with E-state index in [2.05, 4.69) is 16.0 Å². The molecule has 0 aliphatic heterocycles. The smallest absolute Gasteiger partial charge is 0.328 e. The molecule has 2 rings (SSSR count). The maximum Gasteiger partial charge on any atom is 0.328 e. The molecule has 2 aromatic rings. The number of rotatable bonds is 17. The van der Waals surface area contributed by atoms with Crippen molar-refractivity contribution in [3.05, 3.63) is 71.8 Å². The van der Waals surface area contributed by atoms with E-state index in [9.17, 15) is 19.2 Å². The standard InChI is InChI=1S/C31H44N4O5/c1-22(2)19-25(29(37)35-27(31(39)40-3)21-24-15-9-5-10-16-24)34-30(38)26(20-23-13-7-4-8-14-23)33-28(36)17-11-6-12-18-32/h4-5,7-10,13-16,22,25-27H,6,11-12,17-21,32H2,1-3H3,(H,33,36)(H,34,38)(H,35,37)/t25-,26-,27-/m0/s1. The van der Waals surface area contributed by atoms with E-state index in [0.29, 0.717) is 19.4 Å². The summed E-state index contributed by atoms with van der Waals surface area (Å²) in [5, 5.41) is 8.47. The van der Waals surface area contributed by atoms with Gasteiger partial charge < -0.3 is 26.4 Å². The highest BCUT2D eigenvalue weighted by Gasteiger charge is 2.30. The van der Waals surface area contributed by atoms with E-state index in [-0.39, 0.29) is 31.1 Å². The Bertz CT molecular complexity index is 1060. The zero-order valence-electron chi connectivity index (χ0n) is 23.9. The van der Waals surface area contributed by atoms with Crippen LogP contribution in [0.3, 0.4) is 0 Å². The number of nitrogens with one attached hydrogen (secondary N) is 3. The first-order valence-corrected chi connectivity index (χ1v) is 14.0. The molecular weight excluding hydrogens is 508 g/mol. The number of ether oxygens (including phenoxy) is 1. The summed E-state index contributed by atoms with van der Waals surface area (Å²) in [6, 6.07) is 16.0. The van der Waals surface area contributed by atoms with Gasteiger partial charge >= 0.3 is 5.97 Å². The summed E-state index contributed by atoms with van der Waals surface area (Å²) >= 11 is 0. The van der Waals surface area contributed by atoms with E-state index in [1.807, 2.05) is 74.5 Å². The van der Waals surface area contributed by atoms with Crippen LogP contribution in [0.15, 0.2) is 60.7 Å². The molecule has 3 amide bonds. The van der Waals surface area contributed by atoms with Crippen molar-refractivity contribution in [1.82, 2.24) is 16.0 Å². The molecule has 0 aliphatic rings. The first-order chi connectivity index (χ1) is 19.2. The van der Waals surface area contributed by atoms with E-state index in [1.54, 1.807) is 0 Å². The Labute approximate surface area is 237 Å². The predicted molar refractivity (Wildman–Crippen MR) is 155 cm³/mol. The van der Waals surface area contributed by atoms with Crippen molar-refractivity contribution in [2.24, 2.45) is 11.7 Å². The average molecular weight is 553 g/mol. The van der Waals surface area contributed by atoms with Crippen LogP contribution in [0.1, 0.15) is 57.1 Å². The van der Waals surface area contributed by atoms with Crippen molar-refractivity contribution in [3.8, 4) is 0 Å². The van der Waals surface area contributed by atoms with Gasteiger partial charge in [0.1, 0.15) is 18.1 Å². The Kier molecular flexibility index (Phi) is 14.4. The molecule has 0 saturated carbocycles. The Morgan fingerprint density at radius 2 is 1.25 bits per heavy atom. The molecule has 0 aliphatic carbocycles. The van der Waals surface area contributed by atoms with Crippen molar-refractivity contribution < 1.29 is 23.9 Å². The van der Waals surface area contributed by atoms with Gasteiger partial charge in [-0.15, -0.1) is 0 Å². The number of amides is 3. The van der Waals surface area contributed by atoms with Crippen LogP contribution in [0.5, 0.6) is 0 Å². The van der Waals surface area contributed by atoms with Crippen LogP contribution in [0.25, 0.3) is 0 Å². The number of esters is 1. The monoisotopic (exact) mass is 552 g/mol. The lowest BCUT2D eigenvalue weighted by atomic mass is 10.00. The fourth-order valence-corrected chi connectivity index (χ4v) is 4.37. The average Bonchev–Trinajstić information content (AvgIpc) is 2.94. The topological polar surface area (TPSA) is 140 Å². The van der Waals surface area contributed by atoms with Crippen molar-refractivity contribution in [2.45, 2.75) is 76.9 Å². The summed E-state index contributed by atoms with van der Waals surface area (Å²) in [4.78, 5) is 52.1. The van der Waals surface area contributed by atoms with Gasteiger partial charge in [-0.3, -0.25) is 14.4 Å². The molecule has 40 heavy (non-hydrogen) atoms. The largest absolute Gasteiger partial charge is 0.467 e. The Morgan fingerprint density at radius 1 is 0.725 bits per heavy atom. The lowest BCUT2D eigenvalue weighted by Crippen LogP contribution is -2.56. The highest BCUT2D eigenvalue weighted by atomic mass is 16.5. The van der Waals surface area contributed by atoms with E-state index >= 15 is 0 Å². The van der Waals surface area contributed by atoms with Crippen molar-refractivity contribution >= 4 is 23.7 Å². The molecule has 5 N–H and O–H groups in total. The van der Waals surface area contributed by atoms with Crippen molar-refractivity contribution in [1.29, 1.82) is 0 Å². The third kappa shape index (κ3) is 12.0. The molecular formula is C31H44N4O5. The normalized spacial score (nSPS) is 13.1. The summed E-state index contributed by atoms with van der Waals surface area (Å²) in [5.41, 5.74) is 7.28. The molecule has 0 fully saturated rings. The van der Waals surface area contributed by atoms with Crippen molar-refractivity contribution in [3.63, 3.8) is 0 Å². The molecule has 9 heteroatoms. The Balaban J connectivity index is 2.17. The number of hydrogen-bond acceptors (Lipinski definition) is 6. The highest BCUT2D eigenvalue weighted by Crippen LogP contribution is 2.11. The molecule has 0 bridgehead atoms. The third-order valence-corrected chi connectivity index (χ3v) is 6.47. The first kappa shape index (κ1) is 32.5. The third-order valence-electron chi connectivity index (χ3n) is 6.47. The number of hydrogen-bond donors (Lipinski definition) is 4. The fourth-order valence-electron chi connectivity index (χ4n) is 4.37. The van der Waals surface area contributed by atoms with Gasteiger partial charge in [0.2, 0.25) is 17.7 Å². The number of carbonyl (C=O) groups excluding carboxylic acids is 4. The molecule has 3 atom stereocenters. The van der Waals surface area contributed by atoms with Gasteiger partial charge in [0, 0.05) is 19.3 Å². The van der Waals surface area contributed by atoms with Crippen LogP contribution in [0.4, 0.5) is 0 Å². The second-order valence-corrected chi connectivity index (χ2v) is 10.4. The van der Waals surface area contributed by atoms with Crippen LogP contribution in [-0.4, -0.2) is 55.5 Å². The van der Waals surface area contributed by atoms with Gasteiger partial charge in [0.15, 0.2) is 0 Å². The quantitative estimate of drug-likeness (QED) is 0.176. The maximum absolute atomic E-state index is 13.5. The zero-order chi connectivity index (χ0) is 29.3. The summed E-state index contributed by atoms with van der Waals surface area (Å²) in [6.07, 6.45) is 3.51. The molecule has 0 unspecified atom stereocenters. The van der Waals surface area contributed by atoms with Crippen LogP contribution in [0.2, 0.25) is 0 Å². The molecule has 0 spiro atoms. The fraction of sp³-hybridized carbons (Fsp3) is 0.484. The van der Waals surface area contributed by atoms with E-state index in [1.165, 1.54) is 7.11 Å². The Hall–Kier alpha value is -3.72. The molecule has 0 radical (unpaired) electrons. The summed E-state index contributed by atoms with van der Waals surface area (Å²) < 4.78 is 4.93. The number of benzene rings is 2. The SMILES string of the molecule is COC(=O)[C@H](Cc1ccccc1)NC(=O)[C@H](CC(C)C)NC(=O)[C@H](Cc1ccccc1)NC(=O)CCCCCN. The lowest BCUT2D eigenvalue weighted by Gasteiger charge is -2.26. The molecule has 0 heterocycles. The van der Waals surface area contributed by atoms with Crippen LogP contribution in [0, 0.1) is 5.92 Å². The molecule has 218 valence electrons. The molecule has 0 aromatic heterocycles. The summed E-state index contributed by atoms with van der Waals surface area (Å²) in [7, 11) is 1.27. The van der Waals surface area contributed by atoms with Gasteiger partial charge in [-0.1, -0.05) is 80.9 Å². The van der Waals surface area contributed by atoms with E-state index in [4.69, 9.17) is 10.5 Å². The van der Waals surface area contributed by atoms with Crippen LogP contribution >= 0.6 is 0 Å². The number of unbranched alkanes of at least 4 members (excludes halogenated alkanes) is 2. The number of carbonyl (C=O) groups is 4. The van der Waals surface area contributed by atoms with Gasteiger partial charge in [-0.05, 0) is 42.9 Å². The van der Waals surface area contributed by atoms with E-state index in [0.717, 1.165) is 24.0 Å². The second-order valence-electron chi connectivity index (χ2n) is 10.4. The number of nitrogens with two attached hydrogens (primary N) is 1. The molecule has 2 aromatic carbocycles. The second kappa shape index (κ2) is 17.8. The summed E-state index contributed by atoms with van der Waals surface area (Å²) in [5.74, 6) is -1.67. The lowest BCUT2D eigenvalue weighted by molar-refractivity contribution is -0.145. The maximum atomic E-state index is 13.5. The predicted octanol–water partition coefficient (Wildman–Crippen LogP) is 2.66. The highest BCUT2D eigenvalue weighted by molar-refractivity contribution is 5.93.